The maximum atomic E-state index is 9.40. The monoisotopic (exact) mass is 316 g/mol. The lowest BCUT2D eigenvalue weighted by atomic mass is 10.1. The van der Waals surface area contributed by atoms with E-state index in [1.165, 1.54) is 6.07 Å². The summed E-state index contributed by atoms with van der Waals surface area (Å²) in [6.45, 7) is 0. The summed E-state index contributed by atoms with van der Waals surface area (Å²) in [4.78, 5) is 0. The van der Waals surface area contributed by atoms with Gasteiger partial charge in [-0.05, 0) is 23.8 Å². The Labute approximate surface area is 112 Å². The van der Waals surface area contributed by atoms with Crippen LogP contribution in [-0.2, 0) is 0 Å². The average Bonchev–Trinajstić information content (AvgIpc) is 2.23. The summed E-state index contributed by atoms with van der Waals surface area (Å²) in [6, 6.07) is 10.8. The average molecular weight is 318 g/mol. The van der Waals surface area contributed by atoms with Crippen molar-refractivity contribution in [2.24, 2.45) is 0 Å². The SMILES string of the molecule is Oc1cc(Cl)c(-c2cccc(Br)c2)cc1Cl. The zero-order chi connectivity index (χ0) is 11.7. The van der Waals surface area contributed by atoms with Crippen LogP contribution in [0.5, 0.6) is 5.75 Å². The topological polar surface area (TPSA) is 20.2 Å². The van der Waals surface area contributed by atoms with Crippen LogP contribution in [0, 0.1) is 0 Å². The van der Waals surface area contributed by atoms with Crippen molar-refractivity contribution in [3.05, 3.63) is 50.9 Å². The van der Waals surface area contributed by atoms with Gasteiger partial charge in [0.05, 0.1) is 10.0 Å². The summed E-state index contributed by atoms with van der Waals surface area (Å²) >= 11 is 15.3. The van der Waals surface area contributed by atoms with Gasteiger partial charge in [0.25, 0.3) is 0 Å². The van der Waals surface area contributed by atoms with E-state index in [2.05, 4.69) is 15.9 Å². The van der Waals surface area contributed by atoms with Gasteiger partial charge in [0.1, 0.15) is 5.75 Å². The molecule has 0 aliphatic heterocycles. The molecule has 0 aromatic heterocycles. The Morgan fingerprint density at radius 3 is 2.44 bits per heavy atom. The molecule has 0 aliphatic carbocycles. The van der Waals surface area contributed by atoms with Crippen LogP contribution in [0.1, 0.15) is 0 Å². The van der Waals surface area contributed by atoms with Crippen molar-refractivity contribution in [2.45, 2.75) is 0 Å². The Morgan fingerprint density at radius 2 is 1.75 bits per heavy atom. The van der Waals surface area contributed by atoms with Crippen LogP contribution in [0.15, 0.2) is 40.9 Å². The number of aromatic hydroxyl groups is 1. The maximum Gasteiger partial charge on any atom is 0.135 e. The van der Waals surface area contributed by atoms with Gasteiger partial charge in [-0.3, -0.25) is 0 Å². The minimum atomic E-state index is -0.00888. The summed E-state index contributed by atoms with van der Waals surface area (Å²) in [5, 5.41) is 10.2. The summed E-state index contributed by atoms with van der Waals surface area (Å²) in [5.41, 5.74) is 1.74. The van der Waals surface area contributed by atoms with E-state index in [-0.39, 0.29) is 5.75 Å². The molecule has 0 saturated carbocycles. The van der Waals surface area contributed by atoms with Crippen LogP contribution < -0.4 is 0 Å². The molecule has 0 heterocycles. The van der Waals surface area contributed by atoms with Gasteiger partial charge in [-0.1, -0.05) is 51.3 Å². The molecule has 82 valence electrons. The molecule has 16 heavy (non-hydrogen) atoms. The van der Waals surface area contributed by atoms with E-state index in [0.29, 0.717) is 10.0 Å². The number of phenols is 1. The van der Waals surface area contributed by atoms with Crippen LogP contribution in [-0.4, -0.2) is 5.11 Å². The van der Waals surface area contributed by atoms with Crippen molar-refractivity contribution in [2.75, 3.05) is 0 Å². The first kappa shape index (κ1) is 11.8. The van der Waals surface area contributed by atoms with Crippen LogP contribution >= 0.6 is 39.1 Å². The highest BCUT2D eigenvalue weighted by atomic mass is 79.9. The van der Waals surface area contributed by atoms with Gasteiger partial charge in [-0.25, -0.2) is 0 Å². The van der Waals surface area contributed by atoms with E-state index in [0.717, 1.165) is 15.6 Å². The quantitative estimate of drug-likeness (QED) is 0.773. The van der Waals surface area contributed by atoms with E-state index < -0.39 is 0 Å². The largest absolute Gasteiger partial charge is 0.506 e. The van der Waals surface area contributed by atoms with Crippen molar-refractivity contribution < 1.29 is 5.11 Å². The lowest BCUT2D eigenvalue weighted by Crippen LogP contribution is -1.81. The standard InChI is InChI=1S/C12H7BrCl2O/c13-8-3-1-2-7(4-8)9-5-11(15)12(16)6-10(9)14/h1-6,16H. The first-order chi connectivity index (χ1) is 7.58. The highest BCUT2D eigenvalue weighted by molar-refractivity contribution is 9.10. The molecule has 0 spiro atoms. The van der Waals surface area contributed by atoms with Crippen molar-refractivity contribution in [1.82, 2.24) is 0 Å². The molecule has 1 nitrogen and oxygen atoms in total. The number of rotatable bonds is 1. The smallest absolute Gasteiger partial charge is 0.135 e. The lowest BCUT2D eigenvalue weighted by molar-refractivity contribution is 0.475. The second-order valence-electron chi connectivity index (χ2n) is 3.29. The van der Waals surface area contributed by atoms with Gasteiger partial charge in [-0.15, -0.1) is 0 Å². The minimum absolute atomic E-state index is 0.00888. The van der Waals surface area contributed by atoms with Crippen LogP contribution in [0.3, 0.4) is 0 Å². The number of hydrogen-bond donors (Lipinski definition) is 1. The van der Waals surface area contributed by atoms with Crippen LogP contribution in [0.2, 0.25) is 10.0 Å². The van der Waals surface area contributed by atoms with Gasteiger partial charge in [0, 0.05) is 16.1 Å². The van der Waals surface area contributed by atoms with Gasteiger partial charge in [-0.2, -0.15) is 0 Å². The molecule has 0 fully saturated rings. The van der Waals surface area contributed by atoms with Gasteiger partial charge < -0.3 is 5.11 Å². The highest BCUT2D eigenvalue weighted by Gasteiger charge is 2.08. The van der Waals surface area contributed by atoms with Gasteiger partial charge >= 0.3 is 0 Å². The molecule has 0 saturated heterocycles. The normalized spacial score (nSPS) is 10.4. The van der Waals surface area contributed by atoms with E-state index in [1.54, 1.807) is 6.07 Å². The number of hydrogen-bond acceptors (Lipinski definition) is 1. The third-order valence-electron chi connectivity index (χ3n) is 2.17. The van der Waals surface area contributed by atoms with Gasteiger partial charge in [0.15, 0.2) is 0 Å². The second kappa shape index (κ2) is 4.66. The van der Waals surface area contributed by atoms with Crippen molar-refractivity contribution >= 4 is 39.1 Å². The Bertz CT molecular complexity index is 541. The predicted octanol–water partition coefficient (Wildman–Crippen LogP) is 5.13. The van der Waals surface area contributed by atoms with Crippen molar-refractivity contribution in [3.8, 4) is 16.9 Å². The summed E-state index contributed by atoms with van der Waals surface area (Å²) < 4.78 is 0.963. The predicted molar refractivity (Wildman–Crippen MR) is 71.3 cm³/mol. The summed E-state index contributed by atoms with van der Waals surface area (Å²) in [6.07, 6.45) is 0. The van der Waals surface area contributed by atoms with E-state index >= 15 is 0 Å². The van der Waals surface area contributed by atoms with Gasteiger partial charge in [0.2, 0.25) is 0 Å². The first-order valence-electron chi connectivity index (χ1n) is 4.52. The zero-order valence-corrected chi connectivity index (χ0v) is 11.1. The molecule has 4 heteroatoms. The van der Waals surface area contributed by atoms with Crippen molar-refractivity contribution in [1.29, 1.82) is 0 Å². The molecule has 2 aromatic rings. The molecule has 0 bridgehead atoms. The van der Waals surface area contributed by atoms with E-state index in [9.17, 15) is 5.11 Å². The molecule has 0 radical (unpaired) electrons. The third kappa shape index (κ3) is 2.34. The molecule has 0 atom stereocenters. The number of phenolic OH excluding ortho intramolecular Hbond substituents is 1. The minimum Gasteiger partial charge on any atom is -0.506 e. The third-order valence-corrected chi connectivity index (χ3v) is 3.28. The fraction of sp³-hybridized carbons (Fsp3) is 0. The highest BCUT2D eigenvalue weighted by Crippen LogP contribution is 2.36. The zero-order valence-electron chi connectivity index (χ0n) is 8.05. The lowest BCUT2D eigenvalue weighted by Gasteiger charge is -2.07. The Hall–Kier alpha value is -0.700. The van der Waals surface area contributed by atoms with Crippen LogP contribution in [0.25, 0.3) is 11.1 Å². The van der Waals surface area contributed by atoms with E-state index in [1.807, 2.05) is 24.3 Å². The second-order valence-corrected chi connectivity index (χ2v) is 5.02. The fourth-order valence-corrected chi connectivity index (χ4v) is 2.24. The summed E-state index contributed by atoms with van der Waals surface area (Å²) in [5.74, 6) is -0.00888. The molecule has 1 N–H and O–H groups in total. The molecule has 0 unspecified atom stereocenters. The first-order valence-corrected chi connectivity index (χ1v) is 6.07. The Balaban J connectivity index is 2.60. The fourth-order valence-electron chi connectivity index (χ4n) is 1.41. The molecule has 2 aromatic carbocycles. The Morgan fingerprint density at radius 1 is 1.00 bits per heavy atom. The maximum absolute atomic E-state index is 9.40. The van der Waals surface area contributed by atoms with Crippen LogP contribution in [0.4, 0.5) is 0 Å². The molecular formula is C12H7BrCl2O. The Kier molecular flexibility index (Phi) is 3.43. The molecule has 0 aliphatic rings. The number of halogens is 3. The summed E-state index contributed by atoms with van der Waals surface area (Å²) in [7, 11) is 0. The van der Waals surface area contributed by atoms with E-state index in [4.69, 9.17) is 23.2 Å². The molecular weight excluding hydrogens is 311 g/mol. The number of benzene rings is 2. The molecule has 0 amide bonds. The van der Waals surface area contributed by atoms with Crippen molar-refractivity contribution in [3.63, 3.8) is 0 Å². The molecule has 2 rings (SSSR count).